The van der Waals surface area contributed by atoms with Gasteiger partial charge in [-0.2, -0.15) is 5.10 Å². The second kappa shape index (κ2) is 4.70. The summed E-state index contributed by atoms with van der Waals surface area (Å²) in [6.45, 7) is 0. The third-order valence-electron chi connectivity index (χ3n) is 2.39. The maximum absolute atomic E-state index is 11.6. The van der Waals surface area contributed by atoms with E-state index >= 15 is 0 Å². The van der Waals surface area contributed by atoms with E-state index in [1.807, 2.05) is 0 Å². The fraction of sp³-hybridized carbons (Fsp3) is 0.0833. The lowest BCUT2D eigenvalue weighted by Gasteiger charge is -2.06. The Kier molecular flexibility index (Phi) is 3.09. The number of carboxylic acid groups (broad SMARTS) is 1. The van der Waals surface area contributed by atoms with E-state index in [-0.39, 0.29) is 5.56 Å². The third-order valence-corrected chi connectivity index (χ3v) is 2.39. The van der Waals surface area contributed by atoms with Gasteiger partial charge in [0.2, 0.25) is 0 Å². The molecule has 0 aliphatic heterocycles. The molecule has 18 heavy (non-hydrogen) atoms. The van der Waals surface area contributed by atoms with E-state index in [0.717, 1.165) is 0 Å². The van der Waals surface area contributed by atoms with Gasteiger partial charge in [-0.25, -0.2) is 14.3 Å². The fourth-order valence-electron chi connectivity index (χ4n) is 1.52. The molecule has 6 heteroatoms. The molecule has 0 aliphatic carbocycles. The minimum Gasteiger partial charge on any atom is -0.478 e. The fourth-order valence-corrected chi connectivity index (χ4v) is 1.52. The van der Waals surface area contributed by atoms with Crippen molar-refractivity contribution in [1.29, 1.82) is 0 Å². The van der Waals surface area contributed by atoms with E-state index < -0.39 is 11.9 Å². The number of aromatic carboxylic acids is 1. The van der Waals surface area contributed by atoms with Crippen LogP contribution < -0.4 is 0 Å². The standard InChI is InChI=1S/C12H10N2O4/c1-18-12(17)9-4-2-3-5-10(9)14-7-8(6-13-14)11(15)16/h2-7H,1H3,(H,15,16). The topological polar surface area (TPSA) is 81.4 Å². The molecule has 0 saturated heterocycles. The van der Waals surface area contributed by atoms with Gasteiger partial charge in [0.15, 0.2) is 0 Å². The normalized spacial score (nSPS) is 10.1. The number of aromatic nitrogens is 2. The number of carbonyl (C=O) groups excluding carboxylic acids is 1. The maximum atomic E-state index is 11.6. The Labute approximate surface area is 102 Å². The van der Waals surface area contributed by atoms with Crippen molar-refractivity contribution >= 4 is 11.9 Å². The van der Waals surface area contributed by atoms with Gasteiger partial charge in [-0.1, -0.05) is 12.1 Å². The molecule has 1 heterocycles. The van der Waals surface area contributed by atoms with Crippen LogP contribution in [-0.4, -0.2) is 33.9 Å². The summed E-state index contributed by atoms with van der Waals surface area (Å²) in [5, 5.41) is 12.7. The molecule has 6 nitrogen and oxygen atoms in total. The molecule has 0 radical (unpaired) electrons. The Morgan fingerprint density at radius 2 is 2.06 bits per heavy atom. The van der Waals surface area contributed by atoms with Gasteiger partial charge in [-0.3, -0.25) is 0 Å². The molecule has 2 rings (SSSR count). The first-order chi connectivity index (χ1) is 8.63. The van der Waals surface area contributed by atoms with E-state index in [2.05, 4.69) is 9.84 Å². The largest absolute Gasteiger partial charge is 0.478 e. The molecule has 1 aromatic carbocycles. The van der Waals surface area contributed by atoms with Crippen LogP contribution in [-0.2, 0) is 4.74 Å². The highest BCUT2D eigenvalue weighted by atomic mass is 16.5. The summed E-state index contributed by atoms with van der Waals surface area (Å²) in [4.78, 5) is 22.3. The molecule has 1 aromatic heterocycles. The van der Waals surface area contributed by atoms with Crippen molar-refractivity contribution in [1.82, 2.24) is 9.78 Å². The van der Waals surface area contributed by atoms with Crippen LogP contribution in [0.2, 0.25) is 0 Å². The van der Waals surface area contributed by atoms with Gasteiger partial charge in [0.1, 0.15) is 0 Å². The van der Waals surface area contributed by atoms with Gasteiger partial charge in [-0.15, -0.1) is 0 Å². The molecular formula is C12H10N2O4. The quantitative estimate of drug-likeness (QED) is 0.827. The highest BCUT2D eigenvalue weighted by Gasteiger charge is 2.14. The number of hydrogen-bond donors (Lipinski definition) is 1. The zero-order valence-corrected chi connectivity index (χ0v) is 9.53. The predicted octanol–water partition coefficient (Wildman–Crippen LogP) is 1.36. The molecule has 0 amide bonds. The van der Waals surface area contributed by atoms with Gasteiger partial charge in [0.25, 0.3) is 0 Å². The number of para-hydroxylation sites is 1. The van der Waals surface area contributed by atoms with Crippen molar-refractivity contribution in [2.45, 2.75) is 0 Å². The van der Waals surface area contributed by atoms with Crippen LogP contribution in [0.25, 0.3) is 5.69 Å². The second-order valence-corrected chi connectivity index (χ2v) is 3.49. The third kappa shape index (κ3) is 2.08. The summed E-state index contributed by atoms with van der Waals surface area (Å²) in [7, 11) is 1.28. The lowest BCUT2D eigenvalue weighted by Crippen LogP contribution is -2.08. The summed E-state index contributed by atoms with van der Waals surface area (Å²) < 4.78 is 5.99. The Bertz CT molecular complexity index is 604. The smallest absolute Gasteiger partial charge is 0.340 e. The van der Waals surface area contributed by atoms with Gasteiger partial charge in [0, 0.05) is 6.20 Å². The van der Waals surface area contributed by atoms with Crippen molar-refractivity contribution in [2.24, 2.45) is 0 Å². The number of carbonyl (C=O) groups is 2. The molecular weight excluding hydrogens is 236 g/mol. The molecule has 0 unspecified atom stereocenters. The lowest BCUT2D eigenvalue weighted by atomic mass is 10.2. The van der Waals surface area contributed by atoms with Crippen molar-refractivity contribution in [3.63, 3.8) is 0 Å². The van der Waals surface area contributed by atoms with Gasteiger partial charge in [0.05, 0.1) is 30.1 Å². The molecule has 2 aromatic rings. The van der Waals surface area contributed by atoms with Gasteiger partial charge >= 0.3 is 11.9 Å². The molecule has 0 saturated carbocycles. The monoisotopic (exact) mass is 246 g/mol. The predicted molar refractivity (Wildman–Crippen MR) is 61.9 cm³/mol. The van der Waals surface area contributed by atoms with E-state index in [1.54, 1.807) is 24.3 Å². The molecule has 1 N–H and O–H groups in total. The minimum atomic E-state index is -1.07. The van der Waals surface area contributed by atoms with Crippen molar-refractivity contribution in [2.75, 3.05) is 7.11 Å². The van der Waals surface area contributed by atoms with Crippen LogP contribution >= 0.6 is 0 Å². The summed E-state index contributed by atoms with van der Waals surface area (Å²) in [5.41, 5.74) is 0.839. The van der Waals surface area contributed by atoms with Gasteiger partial charge in [-0.05, 0) is 12.1 Å². The zero-order chi connectivity index (χ0) is 13.1. The van der Waals surface area contributed by atoms with Crippen molar-refractivity contribution in [3.8, 4) is 5.69 Å². The van der Waals surface area contributed by atoms with E-state index in [1.165, 1.54) is 24.2 Å². The first kappa shape index (κ1) is 11.8. The minimum absolute atomic E-state index is 0.0506. The van der Waals surface area contributed by atoms with E-state index in [9.17, 15) is 9.59 Å². The van der Waals surface area contributed by atoms with Crippen LogP contribution in [0.3, 0.4) is 0 Å². The van der Waals surface area contributed by atoms with Crippen LogP contribution in [0, 0.1) is 0 Å². The summed E-state index contributed by atoms with van der Waals surface area (Å²) in [6.07, 6.45) is 2.56. The average molecular weight is 246 g/mol. The number of methoxy groups -OCH3 is 1. The number of nitrogens with zero attached hydrogens (tertiary/aromatic N) is 2. The Morgan fingerprint density at radius 3 is 2.67 bits per heavy atom. The van der Waals surface area contributed by atoms with Crippen LogP contribution in [0.1, 0.15) is 20.7 Å². The summed E-state index contributed by atoms with van der Waals surface area (Å²) >= 11 is 0. The number of esters is 1. The highest BCUT2D eigenvalue weighted by Crippen LogP contribution is 2.15. The number of ether oxygens (including phenoxy) is 1. The molecule has 0 spiro atoms. The maximum Gasteiger partial charge on any atom is 0.340 e. The number of carboxylic acids is 1. The van der Waals surface area contributed by atoms with Crippen molar-refractivity contribution < 1.29 is 19.4 Å². The average Bonchev–Trinajstić information content (AvgIpc) is 2.87. The zero-order valence-electron chi connectivity index (χ0n) is 9.53. The Morgan fingerprint density at radius 1 is 1.33 bits per heavy atom. The molecule has 0 aliphatic rings. The first-order valence-electron chi connectivity index (χ1n) is 5.09. The molecule has 0 fully saturated rings. The highest BCUT2D eigenvalue weighted by molar-refractivity contribution is 5.93. The van der Waals surface area contributed by atoms with Gasteiger partial charge < -0.3 is 9.84 Å². The first-order valence-corrected chi connectivity index (χ1v) is 5.09. The van der Waals surface area contributed by atoms with E-state index in [0.29, 0.717) is 11.3 Å². The Balaban J connectivity index is 2.49. The SMILES string of the molecule is COC(=O)c1ccccc1-n1cc(C(=O)O)cn1. The second-order valence-electron chi connectivity index (χ2n) is 3.49. The summed E-state index contributed by atoms with van der Waals surface area (Å²) in [6, 6.07) is 6.66. The number of hydrogen-bond acceptors (Lipinski definition) is 4. The number of rotatable bonds is 3. The van der Waals surface area contributed by atoms with Crippen LogP contribution in [0.15, 0.2) is 36.7 Å². The van der Waals surface area contributed by atoms with Crippen LogP contribution in [0.4, 0.5) is 0 Å². The lowest BCUT2D eigenvalue weighted by molar-refractivity contribution is 0.0600. The number of benzene rings is 1. The molecule has 92 valence electrons. The van der Waals surface area contributed by atoms with Crippen molar-refractivity contribution in [3.05, 3.63) is 47.8 Å². The van der Waals surface area contributed by atoms with E-state index in [4.69, 9.17) is 5.11 Å². The molecule has 0 bridgehead atoms. The van der Waals surface area contributed by atoms with Crippen LogP contribution in [0.5, 0.6) is 0 Å². The molecule has 0 atom stereocenters. The Hall–Kier alpha value is -2.63. The summed E-state index contributed by atoms with van der Waals surface area (Å²) in [5.74, 6) is -1.57.